The van der Waals surface area contributed by atoms with Gasteiger partial charge >= 0.3 is 0 Å². The third-order valence-electron chi connectivity index (χ3n) is 8.62. The van der Waals surface area contributed by atoms with Crippen LogP contribution in [0.15, 0.2) is 47.4 Å². The van der Waals surface area contributed by atoms with Crippen LogP contribution >= 0.6 is 34.8 Å². The Hall–Kier alpha value is -1.43. The average Bonchev–Trinajstić information content (AvgIpc) is 3.47. The molecule has 0 bridgehead atoms. The van der Waals surface area contributed by atoms with Crippen molar-refractivity contribution < 1.29 is 22.7 Å². The number of carbonyl (C=O) groups excluding carboxylic acids is 1. The van der Waals surface area contributed by atoms with Crippen molar-refractivity contribution in [2.45, 2.75) is 49.1 Å². The maximum absolute atomic E-state index is 13.2. The lowest BCUT2D eigenvalue weighted by Gasteiger charge is -2.42. The van der Waals surface area contributed by atoms with Crippen LogP contribution in [0, 0.1) is 11.8 Å². The van der Waals surface area contributed by atoms with Crippen LogP contribution in [0.5, 0.6) is 0 Å². The van der Waals surface area contributed by atoms with Crippen molar-refractivity contribution in [1.82, 2.24) is 14.5 Å². The third-order valence-corrected chi connectivity index (χ3v) is 11.6. The Morgan fingerprint density at radius 1 is 0.976 bits per heavy atom. The van der Waals surface area contributed by atoms with Crippen LogP contribution in [-0.2, 0) is 24.3 Å². The van der Waals surface area contributed by atoms with E-state index in [1.807, 2.05) is 0 Å². The number of hydrogen-bond acceptors (Lipinski definition) is 6. The van der Waals surface area contributed by atoms with Crippen LogP contribution < -0.4 is 5.32 Å². The molecule has 3 fully saturated rings. The normalized spacial score (nSPS) is 24.9. The SMILES string of the molecule is O=C(COC1CCN(S(=O)(=O)c2c(Cl)cc(Cl)cc2Cl)C1)NCC1CCC(C(c2ccccc2)N2CCOCC2)CC1. The summed E-state index contributed by atoms with van der Waals surface area (Å²) in [7, 11) is -3.93. The van der Waals surface area contributed by atoms with E-state index in [-0.39, 0.29) is 51.7 Å². The molecular weight excluding hydrogens is 621 g/mol. The predicted octanol–water partition coefficient (Wildman–Crippen LogP) is 5.42. The van der Waals surface area contributed by atoms with E-state index in [9.17, 15) is 13.2 Å². The molecular formula is C30H38Cl3N3O5S. The monoisotopic (exact) mass is 657 g/mol. The average molecular weight is 659 g/mol. The first kappa shape index (κ1) is 32.0. The Kier molecular flexibility index (Phi) is 11.1. The van der Waals surface area contributed by atoms with Crippen molar-refractivity contribution >= 4 is 50.7 Å². The van der Waals surface area contributed by atoms with Gasteiger partial charge in [0.1, 0.15) is 11.5 Å². The number of benzene rings is 2. The lowest BCUT2D eigenvalue weighted by atomic mass is 9.76. The Labute approximate surface area is 263 Å². The molecule has 8 nitrogen and oxygen atoms in total. The Balaban J connectivity index is 1.06. The van der Waals surface area contributed by atoms with Gasteiger partial charge in [-0.3, -0.25) is 9.69 Å². The van der Waals surface area contributed by atoms with E-state index in [0.29, 0.717) is 30.8 Å². The van der Waals surface area contributed by atoms with Crippen molar-refractivity contribution in [3.05, 3.63) is 63.1 Å². The van der Waals surface area contributed by atoms with Gasteiger partial charge in [0.05, 0.1) is 29.4 Å². The summed E-state index contributed by atoms with van der Waals surface area (Å²) in [5, 5.41) is 3.24. The molecule has 1 amide bonds. The summed E-state index contributed by atoms with van der Waals surface area (Å²) >= 11 is 18.2. The highest BCUT2D eigenvalue weighted by molar-refractivity contribution is 7.89. The van der Waals surface area contributed by atoms with Gasteiger partial charge in [0, 0.05) is 43.8 Å². The van der Waals surface area contributed by atoms with Crippen molar-refractivity contribution in [2.24, 2.45) is 11.8 Å². The summed E-state index contributed by atoms with van der Waals surface area (Å²) in [5.41, 5.74) is 1.38. The lowest BCUT2D eigenvalue weighted by Crippen LogP contribution is -2.43. The van der Waals surface area contributed by atoms with Crippen LogP contribution in [-0.4, -0.2) is 82.2 Å². The second kappa shape index (κ2) is 14.6. The molecule has 5 rings (SSSR count). The summed E-state index contributed by atoms with van der Waals surface area (Å²) < 4.78 is 39.0. The molecule has 2 unspecified atom stereocenters. The van der Waals surface area contributed by atoms with Gasteiger partial charge < -0.3 is 14.8 Å². The molecule has 0 spiro atoms. The number of carbonyl (C=O) groups is 1. The van der Waals surface area contributed by atoms with Gasteiger partial charge in [0.25, 0.3) is 0 Å². The van der Waals surface area contributed by atoms with Crippen molar-refractivity contribution in [3.63, 3.8) is 0 Å². The summed E-state index contributed by atoms with van der Waals surface area (Å²) in [6.45, 7) is 4.39. The van der Waals surface area contributed by atoms with Crippen LogP contribution in [0.1, 0.15) is 43.7 Å². The molecule has 0 aromatic heterocycles. The summed E-state index contributed by atoms with van der Waals surface area (Å²) in [6.07, 6.45) is 4.49. The van der Waals surface area contributed by atoms with E-state index < -0.39 is 10.0 Å². The van der Waals surface area contributed by atoms with Crippen LogP contribution in [0.4, 0.5) is 0 Å². The minimum atomic E-state index is -3.93. The number of hydrogen-bond donors (Lipinski definition) is 1. The Bertz CT molecular complexity index is 1300. The number of sulfonamides is 1. The first-order chi connectivity index (χ1) is 20.2. The fraction of sp³-hybridized carbons (Fsp3) is 0.567. The topological polar surface area (TPSA) is 88.2 Å². The number of ether oxygens (including phenoxy) is 2. The largest absolute Gasteiger partial charge is 0.379 e. The van der Waals surface area contributed by atoms with E-state index in [4.69, 9.17) is 44.3 Å². The minimum absolute atomic E-state index is 0.0260. The Morgan fingerprint density at radius 3 is 2.31 bits per heavy atom. The van der Waals surface area contributed by atoms with Gasteiger partial charge in [0.15, 0.2) is 0 Å². The van der Waals surface area contributed by atoms with Crippen LogP contribution in [0.25, 0.3) is 0 Å². The minimum Gasteiger partial charge on any atom is -0.379 e. The van der Waals surface area contributed by atoms with Gasteiger partial charge in [-0.2, -0.15) is 4.31 Å². The first-order valence-electron chi connectivity index (χ1n) is 14.6. The molecule has 1 saturated carbocycles. The van der Waals surface area contributed by atoms with Crippen molar-refractivity contribution in [1.29, 1.82) is 0 Å². The van der Waals surface area contributed by atoms with Gasteiger partial charge in [-0.1, -0.05) is 65.1 Å². The summed E-state index contributed by atoms with van der Waals surface area (Å²) in [6, 6.07) is 13.9. The zero-order valence-electron chi connectivity index (χ0n) is 23.5. The molecule has 2 aromatic rings. The number of nitrogens with zero attached hydrogens (tertiary/aromatic N) is 2. The highest BCUT2D eigenvalue weighted by atomic mass is 35.5. The second-order valence-corrected chi connectivity index (χ2v) is 14.5. The molecule has 2 aromatic carbocycles. The molecule has 2 atom stereocenters. The maximum atomic E-state index is 13.2. The fourth-order valence-corrected chi connectivity index (χ4v) is 9.43. The maximum Gasteiger partial charge on any atom is 0.246 e. The van der Waals surface area contributed by atoms with Gasteiger partial charge in [-0.25, -0.2) is 8.42 Å². The third kappa shape index (κ3) is 7.80. The van der Waals surface area contributed by atoms with Gasteiger partial charge in [-0.15, -0.1) is 0 Å². The standard InChI is InChI=1S/C30H38Cl3N3O5S/c31-24-16-26(32)30(27(33)17-24)42(38,39)36-11-10-25(19-36)41-20-28(37)34-18-21-6-8-23(9-7-21)29(22-4-2-1-3-5-22)35-12-14-40-15-13-35/h1-5,16-17,21,23,25,29H,6-15,18-20H2,(H,34,37). The van der Waals surface area contributed by atoms with Crippen molar-refractivity contribution in [2.75, 3.05) is 52.5 Å². The first-order valence-corrected chi connectivity index (χ1v) is 17.2. The fourth-order valence-electron chi connectivity index (χ4n) is 6.45. The predicted molar refractivity (Wildman–Crippen MR) is 165 cm³/mol. The lowest BCUT2D eigenvalue weighted by molar-refractivity contribution is -0.127. The zero-order chi connectivity index (χ0) is 29.7. The molecule has 2 saturated heterocycles. The summed E-state index contributed by atoms with van der Waals surface area (Å²) in [4.78, 5) is 15.0. The molecule has 1 N–H and O–H groups in total. The van der Waals surface area contributed by atoms with E-state index in [1.165, 1.54) is 22.0 Å². The van der Waals surface area contributed by atoms with Crippen LogP contribution in [0.3, 0.4) is 0 Å². The smallest absolute Gasteiger partial charge is 0.246 e. The molecule has 230 valence electrons. The molecule has 12 heteroatoms. The second-order valence-electron chi connectivity index (χ2n) is 11.4. The van der Waals surface area contributed by atoms with Gasteiger partial charge in [-0.05, 0) is 61.6 Å². The highest BCUT2D eigenvalue weighted by Crippen LogP contribution is 2.40. The summed E-state index contributed by atoms with van der Waals surface area (Å²) in [5.74, 6) is 0.838. The zero-order valence-corrected chi connectivity index (χ0v) is 26.6. The molecule has 2 aliphatic heterocycles. The number of rotatable bonds is 10. The van der Waals surface area contributed by atoms with E-state index in [0.717, 1.165) is 52.0 Å². The van der Waals surface area contributed by atoms with Crippen LogP contribution in [0.2, 0.25) is 15.1 Å². The number of nitrogens with one attached hydrogen (secondary N) is 1. The van der Waals surface area contributed by atoms with Gasteiger partial charge in [0.2, 0.25) is 15.9 Å². The molecule has 0 radical (unpaired) electrons. The molecule has 2 heterocycles. The highest BCUT2D eigenvalue weighted by Gasteiger charge is 2.36. The molecule has 42 heavy (non-hydrogen) atoms. The van der Waals surface area contributed by atoms with E-state index in [1.54, 1.807) is 0 Å². The molecule has 3 aliphatic rings. The number of morpholine rings is 1. The molecule has 1 aliphatic carbocycles. The van der Waals surface area contributed by atoms with Crippen molar-refractivity contribution in [3.8, 4) is 0 Å². The Morgan fingerprint density at radius 2 is 1.64 bits per heavy atom. The quantitative estimate of drug-likeness (QED) is 0.367. The number of halogens is 3. The van der Waals surface area contributed by atoms with E-state index >= 15 is 0 Å². The number of amides is 1. The van der Waals surface area contributed by atoms with E-state index in [2.05, 4.69) is 40.5 Å².